The molecular weight excluding hydrogens is 505 g/mol. The Labute approximate surface area is 213 Å². The van der Waals surface area contributed by atoms with Crippen LogP contribution in [0.1, 0.15) is 39.7 Å². The maximum atomic E-state index is 13.8. The molecule has 1 spiro atoms. The van der Waals surface area contributed by atoms with Gasteiger partial charge in [-0.3, -0.25) is 23.7 Å². The highest BCUT2D eigenvalue weighted by Crippen LogP contribution is 2.66. The Hall–Kier alpha value is -2.76. The minimum Gasteiger partial charge on any atom is -0.462 e. The van der Waals surface area contributed by atoms with E-state index in [1.54, 1.807) is 44.2 Å². The van der Waals surface area contributed by atoms with Crippen LogP contribution in [0.5, 0.6) is 5.75 Å². The normalized spacial score (nSPS) is 26.5. The molecule has 4 N–H and O–H groups in total. The number of aromatic amines is 1. The molecule has 0 radical (unpaired) electrons. The second kappa shape index (κ2) is 10.5. The maximum absolute atomic E-state index is 13.8. The maximum Gasteiger partial charge on any atom is 0.459 e. The van der Waals surface area contributed by atoms with Gasteiger partial charge in [0.25, 0.3) is 5.56 Å². The van der Waals surface area contributed by atoms with E-state index in [0.29, 0.717) is 12.8 Å². The summed E-state index contributed by atoms with van der Waals surface area (Å²) in [6.07, 6.45) is -0.593. The third-order valence-electron chi connectivity index (χ3n) is 6.84. The third kappa shape index (κ3) is 5.73. The molecule has 1 heterocycles. The van der Waals surface area contributed by atoms with Crippen LogP contribution >= 0.6 is 7.75 Å². The Morgan fingerprint density at radius 1 is 1.16 bits per heavy atom. The van der Waals surface area contributed by atoms with Crippen molar-refractivity contribution in [2.45, 2.75) is 64.0 Å². The van der Waals surface area contributed by atoms with Crippen LogP contribution in [-0.2, 0) is 18.6 Å². The highest BCUT2D eigenvalue weighted by molar-refractivity contribution is 7.52. The van der Waals surface area contributed by atoms with Gasteiger partial charge in [0.15, 0.2) is 0 Å². The molecule has 0 bridgehead atoms. The van der Waals surface area contributed by atoms with Crippen molar-refractivity contribution in [3.63, 3.8) is 0 Å². The van der Waals surface area contributed by atoms with E-state index in [-0.39, 0.29) is 18.5 Å². The number of aliphatic hydroxyl groups is 2. The van der Waals surface area contributed by atoms with Crippen molar-refractivity contribution >= 4 is 13.7 Å². The van der Waals surface area contributed by atoms with Crippen molar-refractivity contribution < 1.29 is 33.4 Å². The Morgan fingerprint density at radius 3 is 2.43 bits per heavy atom. The third-order valence-corrected chi connectivity index (χ3v) is 8.49. The van der Waals surface area contributed by atoms with E-state index in [9.17, 15) is 29.2 Å². The lowest BCUT2D eigenvalue weighted by atomic mass is 9.90. The molecule has 37 heavy (non-hydrogen) atoms. The molecule has 13 heteroatoms. The molecule has 1 aromatic heterocycles. The van der Waals surface area contributed by atoms with Crippen LogP contribution in [0.4, 0.5) is 0 Å². The molecule has 0 amide bonds. The van der Waals surface area contributed by atoms with Gasteiger partial charge in [-0.2, -0.15) is 5.09 Å². The molecule has 1 unspecified atom stereocenters. The minimum atomic E-state index is -4.19. The number of hydrogen-bond donors (Lipinski definition) is 4. The van der Waals surface area contributed by atoms with Gasteiger partial charge in [0.2, 0.25) is 0 Å². The molecule has 2 aromatic rings. The molecule has 12 nitrogen and oxygen atoms in total. The lowest BCUT2D eigenvalue weighted by molar-refractivity contribution is -0.149. The highest BCUT2D eigenvalue weighted by Gasteiger charge is 2.67. The number of carbonyl (C=O) groups excluding carboxylic acids is 1. The van der Waals surface area contributed by atoms with Gasteiger partial charge >= 0.3 is 19.4 Å². The van der Waals surface area contributed by atoms with Gasteiger partial charge in [0.05, 0.1) is 24.9 Å². The zero-order valence-corrected chi connectivity index (χ0v) is 21.7. The number of H-pyrrole nitrogens is 1. The zero-order valence-electron chi connectivity index (χ0n) is 20.8. The van der Waals surface area contributed by atoms with Crippen molar-refractivity contribution in [2.75, 3.05) is 6.61 Å². The number of benzene rings is 1. The van der Waals surface area contributed by atoms with Crippen molar-refractivity contribution in [3.8, 4) is 5.75 Å². The Bertz CT molecular complexity index is 1270. The van der Waals surface area contributed by atoms with Crippen molar-refractivity contribution in [3.05, 3.63) is 63.4 Å². The first kappa shape index (κ1) is 27.3. The van der Waals surface area contributed by atoms with Gasteiger partial charge in [-0.1, -0.05) is 18.2 Å². The van der Waals surface area contributed by atoms with Crippen LogP contribution in [0, 0.1) is 11.3 Å². The number of esters is 1. The molecule has 2 aliphatic carbocycles. The van der Waals surface area contributed by atoms with Crippen LogP contribution in [0.25, 0.3) is 0 Å². The first-order valence-corrected chi connectivity index (χ1v) is 13.7. The molecule has 2 fully saturated rings. The molecule has 1 aromatic carbocycles. The average molecular weight is 538 g/mol. The Balaban J connectivity index is 1.57. The fourth-order valence-electron chi connectivity index (χ4n) is 5.00. The van der Waals surface area contributed by atoms with Crippen molar-refractivity contribution in [2.24, 2.45) is 11.3 Å². The van der Waals surface area contributed by atoms with E-state index in [0.717, 1.165) is 0 Å². The van der Waals surface area contributed by atoms with Gasteiger partial charge in [0.1, 0.15) is 17.9 Å². The number of para-hydroxylation sites is 1. The Kier molecular flexibility index (Phi) is 7.77. The standard InChI is InChI=1S/C24H32N3O9P/c1-14(2)35-22(31)15(3)26-37(33,36-16-7-5-4-6-8-16)34-13-17-19(29)20(30)21(24(17)10-11-24)27-12-9-18(28)25-23(27)32/h4-9,12,14-15,17,19-21,29-30H,10-11,13H2,1-3H3,(H,26,33)(H,25,28,32)/t15-,17-,19-,20-,21+,37?/m1/s1. The second-order valence-corrected chi connectivity index (χ2v) is 11.5. The summed E-state index contributed by atoms with van der Waals surface area (Å²) in [7, 11) is -4.19. The summed E-state index contributed by atoms with van der Waals surface area (Å²) in [6, 6.07) is 7.57. The van der Waals surface area contributed by atoms with Crippen LogP contribution < -0.4 is 20.9 Å². The van der Waals surface area contributed by atoms with Crippen LogP contribution in [0.15, 0.2) is 52.2 Å². The number of aliphatic hydroxyl groups excluding tert-OH is 2. The average Bonchev–Trinajstić information content (AvgIpc) is 3.58. The van der Waals surface area contributed by atoms with Gasteiger partial charge in [0, 0.05) is 23.6 Å². The van der Waals surface area contributed by atoms with Crippen LogP contribution in [-0.4, -0.2) is 56.7 Å². The zero-order chi connectivity index (χ0) is 27.0. The monoisotopic (exact) mass is 537 g/mol. The summed E-state index contributed by atoms with van der Waals surface area (Å²) in [6.45, 7) is 4.54. The van der Waals surface area contributed by atoms with E-state index in [2.05, 4.69) is 10.1 Å². The number of carbonyl (C=O) groups is 1. The van der Waals surface area contributed by atoms with E-state index in [1.807, 2.05) is 0 Å². The number of aromatic nitrogens is 2. The van der Waals surface area contributed by atoms with Gasteiger partial charge in [-0.25, -0.2) is 9.36 Å². The summed E-state index contributed by atoms with van der Waals surface area (Å²) >= 11 is 0. The first-order valence-electron chi connectivity index (χ1n) is 12.1. The highest BCUT2D eigenvalue weighted by atomic mass is 31.2. The fraction of sp³-hybridized carbons (Fsp3) is 0.542. The molecule has 6 atom stereocenters. The molecule has 202 valence electrons. The summed E-state index contributed by atoms with van der Waals surface area (Å²) in [5.74, 6) is -1.13. The number of nitrogens with zero attached hydrogens (tertiary/aromatic N) is 1. The largest absolute Gasteiger partial charge is 0.462 e. The second-order valence-electron chi connectivity index (χ2n) is 9.82. The lowest BCUT2D eigenvalue weighted by Crippen LogP contribution is -2.38. The molecular formula is C24H32N3O9P. The lowest BCUT2D eigenvalue weighted by Gasteiger charge is -2.28. The molecule has 2 aliphatic rings. The van der Waals surface area contributed by atoms with Gasteiger partial charge < -0.3 is 19.5 Å². The molecule has 0 saturated heterocycles. The van der Waals surface area contributed by atoms with Crippen LogP contribution in [0.2, 0.25) is 0 Å². The first-order chi connectivity index (χ1) is 17.5. The summed E-state index contributed by atoms with van der Waals surface area (Å²) < 4.78 is 31.6. The van der Waals surface area contributed by atoms with Crippen LogP contribution in [0.3, 0.4) is 0 Å². The number of nitrogens with one attached hydrogen (secondary N) is 2. The van der Waals surface area contributed by atoms with E-state index in [1.165, 1.54) is 23.8 Å². The summed E-state index contributed by atoms with van der Waals surface area (Å²) in [5, 5.41) is 24.4. The van der Waals surface area contributed by atoms with Gasteiger partial charge in [-0.15, -0.1) is 0 Å². The van der Waals surface area contributed by atoms with E-state index in [4.69, 9.17) is 13.8 Å². The van der Waals surface area contributed by atoms with Crippen molar-refractivity contribution in [1.29, 1.82) is 0 Å². The minimum absolute atomic E-state index is 0.230. The van der Waals surface area contributed by atoms with Crippen molar-refractivity contribution in [1.82, 2.24) is 14.6 Å². The molecule has 2 saturated carbocycles. The number of ether oxygens (including phenoxy) is 1. The van der Waals surface area contributed by atoms with E-state index >= 15 is 0 Å². The number of hydrogen-bond acceptors (Lipinski definition) is 9. The summed E-state index contributed by atoms with van der Waals surface area (Å²) in [5.41, 5.74) is -2.00. The summed E-state index contributed by atoms with van der Waals surface area (Å²) in [4.78, 5) is 38.5. The predicted octanol–water partition coefficient (Wildman–Crippen LogP) is 1.34. The van der Waals surface area contributed by atoms with Gasteiger partial charge in [-0.05, 0) is 45.7 Å². The fourth-order valence-corrected chi connectivity index (χ4v) is 6.52. The number of rotatable bonds is 10. The quantitative estimate of drug-likeness (QED) is 0.256. The predicted molar refractivity (Wildman–Crippen MR) is 132 cm³/mol. The SMILES string of the molecule is CC(C)OC(=O)[C@@H](C)NP(=O)(OC[C@@H]1[C@@H](O)[C@@H](O)[C@H](n2ccc(=O)[nH]c2=O)C12CC2)Oc1ccccc1. The topological polar surface area (TPSA) is 169 Å². The Morgan fingerprint density at radius 2 is 1.84 bits per heavy atom. The smallest absolute Gasteiger partial charge is 0.459 e. The van der Waals surface area contributed by atoms with E-state index < -0.39 is 60.6 Å². The molecule has 4 rings (SSSR count). The molecule has 0 aliphatic heterocycles.